The van der Waals surface area contributed by atoms with E-state index in [4.69, 9.17) is 0 Å². The molecule has 2 heterocycles. The van der Waals surface area contributed by atoms with Crippen LogP contribution in [0.5, 0.6) is 0 Å². The van der Waals surface area contributed by atoms with Gasteiger partial charge in [0.05, 0.1) is 3.79 Å². The zero-order chi connectivity index (χ0) is 12.4. The Hall–Kier alpha value is -0.840. The molecule has 0 amide bonds. The van der Waals surface area contributed by atoms with E-state index < -0.39 is 0 Å². The molecule has 0 fully saturated rings. The molecule has 2 nitrogen and oxygen atoms in total. The molecule has 0 saturated carbocycles. The number of rotatable bonds is 2. The van der Waals surface area contributed by atoms with Crippen LogP contribution in [0.1, 0.15) is 11.1 Å². The lowest BCUT2D eigenvalue weighted by Gasteiger charge is -2.24. The first-order chi connectivity index (χ1) is 8.83. The molecule has 0 spiro atoms. The summed E-state index contributed by atoms with van der Waals surface area (Å²) in [4.78, 5) is 2.46. The molecule has 1 aliphatic heterocycles. The lowest BCUT2D eigenvalue weighted by atomic mass is 10.1. The second kappa shape index (κ2) is 5.43. The summed E-state index contributed by atoms with van der Waals surface area (Å²) in [6.45, 7) is 4.06. The van der Waals surface area contributed by atoms with Gasteiger partial charge in [-0.05, 0) is 44.6 Å². The molecule has 0 bridgehead atoms. The SMILES string of the molecule is Brc1cc(CN2CCNCc3ccccc32)cs1. The highest BCUT2D eigenvalue weighted by Gasteiger charge is 2.14. The van der Waals surface area contributed by atoms with Crippen molar-refractivity contribution >= 4 is 33.0 Å². The molecule has 3 rings (SSSR count). The molecule has 1 aliphatic rings. The summed E-state index contributed by atoms with van der Waals surface area (Å²) < 4.78 is 1.21. The number of nitrogens with zero attached hydrogens (tertiary/aromatic N) is 1. The summed E-state index contributed by atoms with van der Waals surface area (Å²) in [5, 5.41) is 5.70. The summed E-state index contributed by atoms with van der Waals surface area (Å²) in [6.07, 6.45) is 0. The fraction of sp³-hybridized carbons (Fsp3) is 0.286. The Labute approximate surface area is 120 Å². The second-order valence-corrected chi connectivity index (χ2v) is 6.78. The van der Waals surface area contributed by atoms with Gasteiger partial charge in [-0.1, -0.05) is 18.2 Å². The highest BCUT2D eigenvalue weighted by molar-refractivity contribution is 9.11. The van der Waals surface area contributed by atoms with Gasteiger partial charge in [-0.15, -0.1) is 11.3 Å². The molecule has 1 aromatic carbocycles. The topological polar surface area (TPSA) is 15.3 Å². The maximum atomic E-state index is 3.53. The predicted octanol–water partition coefficient (Wildman–Crippen LogP) is 3.62. The molecule has 0 saturated heterocycles. The standard InChI is InChI=1S/C14H15BrN2S/c15-14-7-11(10-18-14)9-17-6-5-16-8-12-3-1-2-4-13(12)17/h1-4,7,10,16H,5-6,8-9H2. The van der Waals surface area contributed by atoms with Crippen molar-refractivity contribution in [2.24, 2.45) is 0 Å². The molecule has 4 heteroatoms. The summed E-state index contributed by atoms with van der Waals surface area (Å²) in [5.74, 6) is 0. The predicted molar refractivity (Wildman–Crippen MR) is 81.2 cm³/mol. The molecule has 0 aliphatic carbocycles. The van der Waals surface area contributed by atoms with Gasteiger partial charge in [0.25, 0.3) is 0 Å². The molecule has 0 unspecified atom stereocenters. The third-order valence-corrected chi connectivity index (χ3v) is 4.75. The Morgan fingerprint density at radius 3 is 3.06 bits per heavy atom. The normalized spacial score (nSPS) is 15.3. The molecule has 1 aromatic heterocycles. The van der Waals surface area contributed by atoms with Crippen molar-refractivity contribution in [2.75, 3.05) is 18.0 Å². The minimum absolute atomic E-state index is 0.972. The van der Waals surface area contributed by atoms with Gasteiger partial charge < -0.3 is 10.2 Å². The number of benzene rings is 1. The maximum absolute atomic E-state index is 3.53. The Morgan fingerprint density at radius 1 is 1.33 bits per heavy atom. The van der Waals surface area contributed by atoms with Crippen LogP contribution in [-0.2, 0) is 13.1 Å². The van der Waals surface area contributed by atoms with Crippen LogP contribution in [0.4, 0.5) is 5.69 Å². The Kier molecular flexibility index (Phi) is 3.68. The van der Waals surface area contributed by atoms with Crippen molar-refractivity contribution in [2.45, 2.75) is 13.1 Å². The number of para-hydroxylation sites is 1. The van der Waals surface area contributed by atoms with E-state index in [1.54, 1.807) is 11.3 Å². The Morgan fingerprint density at radius 2 is 2.22 bits per heavy atom. The summed E-state index contributed by atoms with van der Waals surface area (Å²) in [6, 6.07) is 10.9. The minimum Gasteiger partial charge on any atom is -0.366 e. The number of nitrogens with one attached hydrogen (secondary N) is 1. The van der Waals surface area contributed by atoms with Crippen molar-refractivity contribution in [1.29, 1.82) is 0 Å². The molecule has 0 radical (unpaired) electrons. The molecule has 94 valence electrons. The van der Waals surface area contributed by atoms with E-state index in [2.05, 4.69) is 61.9 Å². The van der Waals surface area contributed by atoms with Crippen molar-refractivity contribution in [3.05, 3.63) is 50.6 Å². The van der Waals surface area contributed by atoms with Crippen molar-refractivity contribution in [3.63, 3.8) is 0 Å². The van der Waals surface area contributed by atoms with Crippen LogP contribution in [0.2, 0.25) is 0 Å². The van der Waals surface area contributed by atoms with Gasteiger partial charge in [0.1, 0.15) is 0 Å². The van der Waals surface area contributed by atoms with Gasteiger partial charge in [0, 0.05) is 31.9 Å². The molecule has 18 heavy (non-hydrogen) atoms. The maximum Gasteiger partial charge on any atom is 0.0701 e. The molecule has 1 N–H and O–H groups in total. The number of thiophene rings is 1. The monoisotopic (exact) mass is 322 g/mol. The number of hydrogen-bond acceptors (Lipinski definition) is 3. The van der Waals surface area contributed by atoms with E-state index >= 15 is 0 Å². The number of hydrogen-bond donors (Lipinski definition) is 1. The van der Waals surface area contributed by atoms with E-state index in [0.717, 1.165) is 26.2 Å². The molecule has 0 atom stereocenters. The third kappa shape index (κ3) is 2.60. The third-order valence-electron chi connectivity index (χ3n) is 3.20. The molecule has 2 aromatic rings. The van der Waals surface area contributed by atoms with E-state index in [0.29, 0.717) is 0 Å². The van der Waals surface area contributed by atoms with Crippen LogP contribution in [0, 0.1) is 0 Å². The van der Waals surface area contributed by atoms with Gasteiger partial charge in [0.2, 0.25) is 0 Å². The molecular formula is C14H15BrN2S. The van der Waals surface area contributed by atoms with Crippen molar-refractivity contribution in [3.8, 4) is 0 Å². The minimum atomic E-state index is 0.972. The van der Waals surface area contributed by atoms with Gasteiger partial charge in [-0.2, -0.15) is 0 Å². The van der Waals surface area contributed by atoms with E-state index in [-0.39, 0.29) is 0 Å². The highest BCUT2D eigenvalue weighted by Crippen LogP contribution is 2.26. The number of fused-ring (bicyclic) bond motifs is 1. The van der Waals surface area contributed by atoms with Crippen LogP contribution in [0.15, 0.2) is 39.5 Å². The Bertz CT molecular complexity index is 538. The first-order valence-electron chi connectivity index (χ1n) is 6.09. The van der Waals surface area contributed by atoms with Crippen LogP contribution in [0.3, 0.4) is 0 Å². The first kappa shape index (κ1) is 12.2. The largest absolute Gasteiger partial charge is 0.366 e. The lowest BCUT2D eigenvalue weighted by Crippen LogP contribution is -2.28. The van der Waals surface area contributed by atoms with E-state index in [1.807, 2.05) is 0 Å². The average molecular weight is 323 g/mol. The van der Waals surface area contributed by atoms with Crippen LogP contribution in [-0.4, -0.2) is 13.1 Å². The fourth-order valence-electron chi connectivity index (χ4n) is 2.34. The van der Waals surface area contributed by atoms with Crippen molar-refractivity contribution < 1.29 is 0 Å². The first-order valence-corrected chi connectivity index (χ1v) is 7.77. The average Bonchev–Trinajstić information content (AvgIpc) is 2.68. The number of halogens is 1. The summed E-state index contributed by atoms with van der Waals surface area (Å²) >= 11 is 5.29. The van der Waals surface area contributed by atoms with Crippen LogP contribution >= 0.6 is 27.3 Å². The van der Waals surface area contributed by atoms with Crippen LogP contribution in [0.25, 0.3) is 0 Å². The smallest absolute Gasteiger partial charge is 0.0701 e. The lowest BCUT2D eigenvalue weighted by molar-refractivity contribution is 0.688. The Balaban J connectivity index is 1.87. The molecular weight excluding hydrogens is 308 g/mol. The second-order valence-electron chi connectivity index (χ2n) is 4.49. The van der Waals surface area contributed by atoms with Gasteiger partial charge >= 0.3 is 0 Å². The van der Waals surface area contributed by atoms with Crippen molar-refractivity contribution in [1.82, 2.24) is 5.32 Å². The number of anilines is 1. The fourth-order valence-corrected chi connectivity index (χ4v) is 3.54. The van der Waals surface area contributed by atoms with E-state index in [1.165, 1.54) is 20.6 Å². The van der Waals surface area contributed by atoms with Gasteiger partial charge in [-0.3, -0.25) is 0 Å². The quantitative estimate of drug-likeness (QED) is 0.908. The zero-order valence-corrected chi connectivity index (χ0v) is 12.4. The van der Waals surface area contributed by atoms with Gasteiger partial charge in [0.15, 0.2) is 0 Å². The van der Waals surface area contributed by atoms with E-state index in [9.17, 15) is 0 Å². The zero-order valence-electron chi connectivity index (χ0n) is 10.0. The van der Waals surface area contributed by atoms with Gasteiger partial charge in [-0.25, -0.2) is 0 Å². The summed E-state index contributed by atoms with van der Waals surface area (Å²) in [5.41, 5.74) is 4.14. The van der Waals surface area contributed by atoms with Crippen LogP contribution < -0.4 is 10.2 Å². The summed E-state index contributed by atoms with van der Waals surface area (Å²) in [7, 11) is 0. The highest BCUT2D eigenvalue weighted by atomic mass is 79.9.